The molecule has 0 aliphatic carbocycles. The van der Waals surface area contributed by atoms with Crippen LogP contribution in [0.3, 0.4) is 0 Å². The van der Waals surface area contributed by atoms with Crippen LogP contribution in [0.1, 0.15) is 12.5 Å². The molecule has 2 heterocycles. The molecule has 0 radical (unpaired) electrons. The van der Waals surface area contributed by atoms with Crippen LogP contribution >= 0.6 is 0 Å². The van der Waals surface area contributed by atoms with Gasteiger partial charge < -0.3 is 11.5 Å². The molecule has 9 heteroatoms. The fourth-order valence-electron chi connectivity index (χ4n) is 2.40. The van der Waals surface area contributed by atoms with Gasteiger partial charge in [0.25, 0.3) is 0 Å². The van der Waals surface area contributed by atoms with Crippen LogP contribution in [0.2, 0.25) is 0 Å². The Kier molecular flexibility index (Phi) is 2.85. The predicted octanol–water partition coefficient (Wildman–Crippen LogP) is -0.136. The summed E-state index contributed by atoms with van der Waals surface area (Å²) in [4.78, 5) is 0. The Morgan fingerprint density at radius 2 is 1.90 bits per heavy atom. The van der Waals surface area contributed by atoms with Crippen molar-refractivity contribution in [3.05, 3.63) is 18.2 Å². The van der Waals surface area contributed by atoms with E-state index < -0.39 is 9.84 Å². The van der Waals surface area contributed by atoms with Crippen LogP contribution in [0.5, 0.6) is 0 Å². The number of anilines is 2. The van der Waals surface area contributed by atoms with Gasteiger partial charge >= 0.3 is 0 Å². The standard InChI is InChI=1S/C11H14N6O2S/c12-8-3-7(4-9(13)5-8)11-14-15-16-17(11)10-1-2-20(18,19)6-10/h3-5,10H,1-2,6,12-13H2. The van der Waals surface area contributed by atoms with E-state index >= 15 is 0 Å². The van der Waals surface area contributed by atoms with Gasteiger partial charge in [0.05, 0.1) is 17.5 Å². The molecule has 1 aliphatic rings. The molecule has 20 heavy (non-hydrogen) atoms. The van der Waals surface area contributed by atoms with Crippen LogP contribution in [-0.2, 0) is 9.84 Å². The Morgan fingerprint density at radius 1 is 1.20 bits per heavy atom. The lowest BCUT2D eigenvalue weighted by molar-refractivity contribution is 0.489. The van der Waals surface area contributed by atoms with Gasteiger partial charge in [-0.2, -0.15) is 0 Å². The Labute approximate surface area is 115 Å². The minimum Gasteiger partial charge on any atom is -0.399 e. The molecule has 1 fully saturated rings. The van der Waals surface area contributed by atoms with Gasteiger partial charge in [-0.3, -0.25) is 0 Å². The number of aromatic nitrogens is 4. The maximum atomic E-state index is 11.6. The summed E-state index contributed by atoms with van der Waals surface area (Å²) in [5.74, 6) is 0.699. The number of benzene rings is 1. The zero-order valence-electron chi connectivity index (χ0n) is 10.6. The number of nitrogen functional groups attached to an aromatic ring is 2. The highest BCUT2D eigenvalue weighted by Gasteiger charge is 2.31. The molecule has 1 aromatic carbocycles. The molecule has 0 amide bonds. The number of hydrogen-bond acceptors (Lipinski definition) is 7. The number of nitrogens with two attached hydrogens (primary N) is 2. The summed E-state index contributed by atoms with van der Waals surface area (Å²) in [6, 6.07) is 4.81. The van der Waals surface area contributed by atoms with Crippen molar-refractivity contribution in [3.8, 4) is 11.4 Å². The van der Waals surface area contributed by atoms with Gasteiger partial charge in [-0.05, 0) is 35.0 Å². The lowest BCUT2D eigenvalue weighted by atomic mass is 10.1. The van der Waals surface area contributed by atoms with Crippen LogP contribution in [0.4, 0.5) is 11.4 Å². The summed E-state index contributed by atoms with van der Waals surface area (Å²) in [6.45, 7) is 0. The summed E-state index contributed by atoms with van der Waals surface area (Å²) in [5, 5.41) is 11.5. The first-order chi connectivity index (χ1) is 9.44. The second-order valence-corrected chi connectivity index (χ2v) is 7.12. The Hall–Kier alpha value is -2.16. The molecular weight excluding hydrogens is 280 g/mol. The molecule has 0 spiro atoms. The number of hydrogen-bond donors (Lipinski definition) is 2. The average molecular weight is 294 g/mol. The molecule has 0 bridgehead atoms. The highest BCUT2D eigenvalue weighted by molar-refractivity contribution is 7.91. The average Bonchev–Trinajstić information content (AvgIpc) is 2.93. The maximum Gasteiger partial charge on any atom is 0.182 e. The van der Waals surface area contributed by atoms with Crippen molar-refractivity contribution in [3.63, 3.8) is 0 Å². The van der Waals surface area contributed by atoms with Crippen LogP contribution < -0.4 is 11.5 Å². The number of tetrazole rings is 1. The number of rotatable bonds is 2. The molecule has 1 aliphatic heterocycles. The molecule has 2 aromatic rings. The van der Waals surface area contributed by atoms with Crippen LogP contribution in [-0.4, -0.2) is 40.1 Å². The van der Waals surface area contributed by atoms with Gasteiger partial charge in [-0.15, -0.1) is 5.10 Å². The van der Waals surface area contributed by atoms with Crippen molar-refractivity contribution in [1.82, 2.24) is 20.2 Å². The topological polar surface area (TPSA) is 130 Å². The van der Waals surface area contributed by atoms with E-state index in [2.05, 4.69) is 15.5 Å². The molecule has 3 rings (SSSR count). The molecule has 1 aromatic heterocycles. The quantitative estimate of drug-likeness (QED) is 0.737. The zero-order valence-corrected chi connectivity index (χ0v) is 11.4. The Morgan fingerprint density at radius 3 is 2.50 bits per heavy atom. The van der Waals surface area contributed by atoms with Crippen LogP contribution in [0, 0.1) is 0 Å². The van der Waals surface area contributed by atoms with Crippen molar-refractivity contribution >= 4 is 21.2 Å². The van der Waals surface area contributed by atoms with Crippen molar-refractivity contribution in [1.29, 1.82) is 0 Å². The first kappa shape index (κ1) is 12.9. The van der Waals surface area contributed by atoms with E-state index in [-0.39, 0.29) is 17.5 Å². The van der Waals surface area contributed by atoms with Crippen molar-refractivity contribution in [2.24, 2.45) is 0 Å². The monoisotopic (exact) mass is 294 g/mol. The number of nitrogens with zero attached hydrogens (tertiary/aromatic N) is 4. The second kappa shape index (κ2) is 4.44. The molecule has 0 saturated carbocycles. The van der Waals surface area contributed by atoms with E-state index in [0.29, 0.717) is 29.2 Å². The lowest BCUT2D eigenvalue weighted by Crippen LogP contribution is -2.14. The predicted molar refractivity (Wildman–Crippen MR) is 74.4 cm³/mol. The van der Waals surface area contributed by atoms with E-state index in [0.717, 1.165) is 0 Å². The van der Waals surface area contributed by atoms with Crippen LogP contribution in [0.25, 0.3) is 11.4 Å². The molecular formula is C11H14N6O2S. The zero-order chi connectivity index (χ0) is 14.3. The fraction of sp³-hybridized carbons (Fsp3) is 0.364. The third-order valence-electron chi connectivity index (χ3n) is 3.28. The Bertz CT molecular complexity index is 734. The van der Waals surface area contributed by atoms with Gasteiger partial charge in [0.15, 0.2) is 15.7 Å². The molecule has 1 saturated heterocycles. The van der Waals surface area contributed by atoms with Gasteiger partial charge in [-0.25, -0.2) is 13.1 Å². The second-order valence-electron chi connectivity index (χ2n) is 4.89. The van der Waals surface area contributed by atoms with Crippen molar-refractivity contribution < 1.29 is 8.42 Å². The van der Waals surface area contributed by atoms with Gasteiger partial charge in [-0.1, -0.05) is 0 Å². The van der Waals surface area contributed by atoms with E-state index in [4.69, 9.17) is 11.5 Å². The third kappa shape index (κ3) is 2.31. The maximum absolute atomic E-state index is 11.6. The SMILES string of the molecule is Nc1cc(N)cc(-c2nnnn2C2CCS(=O)(=O)C2)c1. The molecule has 8 nitrogen and oxygen atoms in total. The van der Waals surface area contributed by atoms with Crippen LogP contribution in [0.15, 0.2) is 18.2 Å². The highest BCUT2D eigenvalue weighted by atomic mass is 32.2. The van der Waals surface area contributed by atoms with E-state index in [1.165, 1.54) is 0 Å². The lowest BCUT2D eigenvalue weighted by Gasteiger charge is -2.11. The summed E-state index contributed by atoms with van der Waals surface area (Å²) in [7, 11) is -3.00. The molecule has 106 valence electrons. The normalized spacial score (nSPS) is 21.1. The summed E-state index contributed by atoms with van der Waals surface area (Å²) in [6.07, 6.45) is 0.512. The smallest absolute Gasteiger partial charge is 0.182 e. The first-order valence-corrected chi connectivity index (χ1v) is 7.91. The van der Waals surface area contributed by atoms with Gasteiger partial charge in [0, 0.05) is 16.9 Å². The summed E-state index contributed by atoms with van der Waals surface area (Å²) >= 11 is 0. The van der Waals surface area contributed by atoms with Gasteiger partial charge in [0.1, 0.15) is 0 Å². The largest absolute Gasteiger partial charge is 0.399 e. The van der Waals surface area contributed by atoms with Crippen molar-refractivity contribution in [2.75, 3.05) is 23.0 Å². The highest BCUT2D eigenvalue weighted by Crippen LogP contribution is 2.28. The minimum absolute atomic E-state index is 0.0584. The minimum atomic E-state index is -3.00. The third-order valence-corrected chi connectivity index (χ3v) is 5.03. The van der Waals surface area contributed by atoms with Crippen molar-refractivity contribution in [2.45, 2.75) is 12.5 Å². The summed E-state index contributed by atoms with van der Waals surface area (Å²) < 4.78 is 24.7. The molecule has 4 N–H and O–H groups in total. The summed E-state index contributed by atoms with van der Waals surface area (Å²) in [5.41, 5.74) is 13.2. The Balaban J connectivity index is 2.02. The first-order valence-electron chi connectivity index (χ1n) is 6.09. The fourth-order valence-corrected chi connectivity index (χ4v) is 4.10. The van der Waals surface area contributed by atoms with E-state index in [9.17, 15) is 8.42 Å². The number of sulfone groups is 1. The van der Waals surface area contributed by atoms with E-state index in [1.54, 1.807) is 22.9 Å². The van der Waals surface area contributed by atoms with Gasteiger partial charge in [0.2, 0.25) is 0 Å². The molecule has 1 atom stereocenters. The van der Waals surface area contributed by atoms with E-state index in [1.807, 2.05) is 0 Å². The molecule has 1 unspecified atom stereocenters.